The van der Waals surface area contributed by atoms with Crippen molar-refractivity contribution in [1.82, 2.24) is 10.6 Å². The first-order valence-electron chi connectivity index (χ1n) is 8.20. The maximum Gasteiger partial charge on any atom is 0.319 e. The first-order chi connectivity index (χ1) is 11.5. The number of amides is 3. The van der Waals surface area contributed by atoms with Gasteiger partial charge in [0.15, 0.2) is 0 Å². The highest BCUT2D eigenvalue weighted by atomic mass is 35.5. The molecule has 7 heteroatoms. The minimum Gasteiger partial charge on any atom is -0.376 e. The van der Waals surface area contributed by atoms with E-state index in [4.69, 9.17) is 16.3 Å². The Hall–Kier alpha value is -1.79. The molecule has 3 amide bonds. The van der Waals surface area contributed by atoms with Gasteiger partial charge in [0.1, 0.15) is 0 Å². The van der Waals surface area contributed by atoms with Gasteiger partial charge >= 0.3 is 6.03 Å². The number of nitrogens with one attached hydrogen (secondary N) is 3. The van der Waals surface area contributed by atoms with Gasteiger partial charge < -0.3 is 20.7 Å². The average molecular weight is 354 g/mol. The van der Waals surface area contributed by atoms with Crippen LogP contribution in [0.4, 0.5) is 10.5 Å². The van der Waals surface area contributed by atoms with E-state index >= 15 is 0 Å². The Morgan fingerprint density at radius 3 is 2.75 bits per heavy atom. The van der Waals surface area contributed by atoms with E-state index in [0.717, 1.165) is 19.4 Å². The third-order valence-electron chi connectivity index (χ3n) is 3.66. The molecule has 1 atom stereocenters. The van der Waals surface area contributed by atoms with Gasteiger partial charge in [0.25, 0.3) is 5.91 Å². The first-order valence-corrected chi connectivity index (χ1v) is 8.57. The zero-order valence-corrected chi connectivity index (χ0v) is 14.8. The van der Waals surface area contributed by atoms with Crippen molar-refractivity contribution in [3.63, 3.8) is 0 Å². The summed E-state index contributed by atoms with van der Waals surface area (Å²) < 4.78 is 5.45. The summed E-state index contributed by atoms with van der Waals surface area (Å²) >= 11 is 6.15. The number of rotatable bonds is 6. The van der Waals surface area contributed by atoms with Crippen molar-refractivity contribution in [2.45, 2.75) is 32.8 Å². The summed E-state index contributed by atoms with van der Waals surface area (Å²) in [5.74, 6) is 0.143. The summed E-state index contributed by atoms with van der Waals surface area (Å²) in [5.41, 5.74) is 0.924. The number of anilines is 1. The molecule has 0 aromatic heterocycles. The van der Waals surface area contributed by atoms with Crippen molar-refractivity contribution < 1.29 is 14.3 Å². The van der Waals surface area contributed by atoms with Gasteiger partial charge in [0.05, 0.1) is 16.7 Å². The average Bonchev–Trinajstić information content (AvgIpc) is 3.04. The lowest BCUT2D eigenvalue weighted by Crippen LogP contribution is -2.35. The Bertz CT molecular complexity index is 586. The standard InChI is InChI=1S/C17H24ClN3O3/c1-11(2)9-19-16(22)14-6-5-12(8-15(14)18)21-17(23)20-10-13-4-3-7-24-13/h5-6,8,11,13H,3-4,7,9-10H2,1-2H3,(H,19,22)(H2,20,21,23). The molecular weight excluding hydrogens is 330 g/mol. The van der Waals surface area contributed by atoms with Crippen LogP contribution in [0.15, 0.2) is 18.2 Å². The van der Waals surface area contributed by atoms with Crippen LogP contribution in [0.2, 0.25) is 5.02 Å². The number of hydrogen-bond donors (Lipinski definition) is 3. The number of ether oxygens (including phenoxy) is 1. The smallest absolute Gasteiger partial charge is 0.319 e. The number of benzene rings is 1. The predicted molar refractivity (Wildman–Crippen MR) is 94.6 cm³/mol. The van der Waals surface area contributed by atoms with E-state index in [2.05, 4.69) is 16.0 Å². The Balaban J connectivity index is 1.86. The van der Waals surface area contributed by atoms with Crippen molar-refractivity contribution in [1.29, 1.82) is 0 Å². The quantitative estimate of drug-likeness (QED) is 0.735. The van der Waals surface area contributed by atoms with Crippen molar-refractivity contribution in [3.8, 4) is 0 Å². The van der Waals surface area contributed by atoms with Gasteiger partial charge in [-0.05, 0) is 37.0 Å². The van der Waals surface area contributed by atoms with E-state index in [-0.39, 0.29) is 18.0 Å². The first kappa shape index (κ1) is 18.5. The molecule has 3 N–H and O–H groups in total. The van der Waals surface area contributed by atoms with E-state index in [1.807, 2.05) is 13.8 Å². The van der Waals surface area contributed by atoms with Crippen molar-refractivity contribution >= 4 is 29.2 Å². The van der Waals surface area contributed by atoms with E-state index < -0.39 is 0 Å². The lowest BCUT2D eigenvalue weighted by atomic mass is 10.1. The summed E-state index contributed by atoms with van der Waals surface area (Å²) in [5, 5.41) is 8.58. The van der Waals surface area contributed by atoms with Crippen LogP contribution in [0, 0.1) is 5.92 Å². The fourth-order valence-corrected chi connectivity index (χ4v) is 2.62. The second-order valence-corrected chi connectivity index (χ2v) is 6.68. The molecule has 6 nitrogen and oxygen atoms in total. The van der Waals surface area contributed by atoms with Crippen LogP contribution in [0.3, 0.4) is 0 Å². The largest absolute Gasteiger partial charge is 0.376 e. The summed E-state index contributed by atoms with van der Waals surface area (Å²) in [6.45, 7) is 5.86. The van der Waals surface area contributed by atoms with Crippen molar-refractivity contribution in [2.75, 3.05) is 25.0 Å². The number of hydrogen-bond acceptors (Lipinski definition) is 3. The van der Waals surface area contributed by atoms with Crippen LogP contribution in [0.1, 0.15) is 37.0 Å². The molecule has 2 rings (SSSR count). The van der Waals surface area contributed by atoms with E-state index in [0.29, 0.717) is 35.3 Å². The molecular formula is C17H24ClN3O3. The highest BCUT2D eigenvalue weighted by Gasteiger charge is 2.16. The fourth-order valence-electron chi connectivity index (χ4n) is 2.36. The monoisotopic (exact) mass is 353 g/mol. The van der Waals surface area contributed by atoms with Crippen LogP contribution in [0.5, 0.6) is 0 Å². The topological polar surface area (TPSA) is 79.5 Å². The summed E-state index contributed by atoms with van der Waals surface area (Å²) in [7, 11) is 0. The molecule has 0 bridgehead atoms. The lowest BCUT2D eigenvalue weighted by Gasteiger charge is -2.13. The minimum absolute atomic E-state index is 0.0892. The van der Waals surface area contributed by atoms with Crippen molar-refractivity contribution in [3.05, 3.63) is 28.8 Å². The third kappa shape index (κ3) is 5.69. The Labute approximate surface area is 147 Å². The second kappa shape index (κ2) is 8.89. The molecule has 0 aliphatic carbocycles. The summed E-state index contributed by atoms with van der Waals surface area (Å²) in [6, 6.07) is 4.51. The van der Waals surface area contributed by atoms with Crippen LogP contribution in [0.25, 0.3) is 0 Å². The number of carbonyl (C=O) groups is 2. The van der Waals surface area contributed by atoms with Crippen molar-refractivity contribution in [2.24, 2.45) is 5.92 Å². The molecule has 24 heavy (non-hydrogen) atoms. The van der Waals surface area contributed by atoms with Gasteiger partial charge in [0.2, 0.25) is 0 Å². The highest BCUT2D eigenvalue weighted by molar-refractivity contribution is 6.34. The van der Waals surface area contributed by atoms with E-state index in [1.54, 1.807) is 18.2 Å². The van der Waals surface area contributed by atoms with Gasteiger partial charge in [-0.25, -0.2) is 4.79 Å². The molecule has 1 aromatic carbocycles. The van der Waals surface area contributed by atoms with Gasteiger partial charge in [0, 0.05) is 25.4 Å². The summed E-state index contributed by atoms with van der Waals surface area (Å²) in [6.07, 6.45) is 2.09. The normalized spacial score (nSPS) is 16.9. The van der Waals surface area contributed by atoms with Gasteiger partial charge in [-0.2, -0.15) is 0 Å². The fraction of sp³-hybridized carbons (Fsp3) is 0.529. The molecule has 1 fully saturated rings. The van der Waals surface area contributed by atoms with Crippen LogP contribution in [-0.2, 0) is 4.74 Å². The predicted octanol–water partition coefficient (Wildman–Crippen LogP) is 3.03. The molecule has 0 saturated carbocycles. The molecule has 1 aliphatic rings. The zero-order valence-electron chi connectivity index (χ0n) is 14.0. The minimum atomic E-state index is -0.321. The molecule has 0 spiro atoms. The third-order valence-corrected chi connectivity index (χ3v) is 3.97. The van der Waals surface area contributed by atoms with Crippen LogP contribution < -0.4 is 16.0 Å². The maximum absolute atomic E-state index is 12.0. The SMILES string of the molecule is CC(C)CNC(=O)c1ccc(NC(=O)NCC2CCCO2)cc1Cl. The molecule has 1 aliphatic heterocycles. The van der Waals surface area contributed by atoms with E-state index in [9.17, 15) is 9.59 Å². The van der Waals surface area contributed by atoms with E-state index in [1.165, 1.54) is 0 Å². The molecule has 1 heterocycles. The molecule has 1 saturated heterocycles. The Morgan fingerprint density at radius 1 is 1.33 bits per heavy atom. The van der Waals surface area contributed by atoms with Gasteiger partial charge in [-0.1, -0.05) is 25.4 Å². The molecule has 1 aromatic rings. The lowest BCUT2D eigenvalue weighted by molar-refractivity contribution is 0.0949. The Morgan fingerprint density at radius 2 is 2.12 bits per heavy atom. The molecule has 132 valence electrons. The van der Waals surface area contributed by atoms with Crippen LogP contribution in [-0.4, -0.2) is 37.7 Å². The number of urea groups is 1. The van der Waals surface area contributed by atoms with Gasteiger partial charge in [-0.15, -0.1) is 0 Å². The highest BCUT2D eigenvalue weighted by Crippen LogP contribution is 2.21. The van der Waals surface area contributed by atoms with Gasteiger partial charge in [-0.3, -0.25) is 4.79 Å². The number of carbonyl (C=O) groups excluding carboxylic acids is 2. The van der Waals surface area contributed by atoms with Crippen LogP contribution >= 0.6 is 11.6 Å². The molecule has 0 radical (unpaired) electrons. The molecule has 1 unspecified atom stereocenters. The summed E-state index contributed by atoms with van der Waals surface area (Å²) in [4.78, 5) is 23.9. The zero-order chi connectivity index (χ0) is 17.5. The Kier molecular flexibility index (Phi) is 6.87. The maximum atomic E-state index is 12.0. The number of halogens is 1. The second-order valence-electron chi connectivity index (χ2n) is 6.27.